The van der Waals surface area contributed by atoms with Crippen molar-refractivity contribution < 1.29 is 13.2 Å². The Morgan fingerprint density at radius 1 is 0.846 bits per heavy atom. The van der Waals surface area contributed by atoms with Gasteiger partial charge in [-0.25, -0.2) is 8.42 Å². The molecule has 2 aliphatic heterocycles. The molecule has 3 aromatic carbocycles. The highest BCUT2D eigenvalue weighted by atomic mass is 32.2. The number of carbonyl (C=O) groups is 1. The van der Waals surface area contributed by atoms with E-state index >= 15 is 0 Å². The summed E-state index contributed by atoms with van der Waals surface area (Å²) >= 11 is 0. The van der Waals surface area contributed by atoms with Gasteiger partial charge in [-0.15, -0.1) is 0 Å². The van der Waals surface area contributed by atoms with Gasteiger partial charge in [0, 0.05) is 68.9 Å². The number of hydrogen-bond donors (Lipinski definition) is 0. The summed E-state index contributed by atoms with van der Waals surface area (Å²) in [5, 5.41) is 0.859. The van der Waals surface area contributed by atoms with Gasteiger partial charge in [-0.3, -0.25) is 14.7 Å². The van der Waals surface area contributed by atoms with Crippen LogP contribution < -0.4 is 0 Å². The van der Waals surface area contributed by atoms with Gasteiger partial charge in [0.1, 0.15) is 0 Å². The van der Waals surface area contributed by atoms with E-state index in [9.17, 15) is 13.2 Å². The Bertz CT molecular complexity index is 1610. The van der Waals surface area contributed by atoms with E-state index in [0.717, 1.165) is 47.2 Å². The smallest absolute Gasteiger partial charge is 0.255 e. The van der Waals surface area contributed by atoms with Crippen molar-refractivity contribution in [2.45, 2.75) is 31.3 Å². The van der Waals surface area contributed by atoms with E-state index < -0.39 is 10.0 Å². The van der Waals surface area contributed by atoms with Crippen LogP contribution in [0, 0.1) is 6.92 Å². The molecule has 0 bridgehead atoms. The van der Waals surface area contributed by atoms with E-state index in [4.69, 9.17) is 4.98 Å². The zero-order valence-corrected chi connectivity index (χ0v) is 22.9. The van der Waals surface area contributed by atoms with Gasteiger partial charge in [-0.05, 0) is 30.7 Å². The van der Waals surface area contributed by atoms with Crippen LogP contribution in [0.5, 0.6) is 0 Å². The average Bonchev–Trinajstić information content (AvgIpc) is 2.96. The first-order chi connectivity index (χ1) is 18.9. The number of benzene rings is 3. The van der Waals surface area contributed by atoms with Gasteiger partial charge in [-0.1, -0.05) is 66.2 Å². The Hall–Kier alpha value is -3.59. The molecule has 1 fully saturated rings. The van der Waals surface area contributed by atoms with Crippen LogP contribution in [0.3, 0.4) is 0 Å². The molecule has 200 valence electrons. The summed E-state index contributed by atoms with van der Waals surface area (Å²) in [4.78, 5) is 23.5. The summed E-state index contributed by atoms with van der Waals surface area (Å²) in [6, 6.07) is 25.2. The highest BCUT2D eigenvalue weighted by Crippen LogP contribution is 2.30. The van der Waals surface area contributed by atoms with Crippen LogP contribution >= 0.6 is 0 Å². The summed E-state index contributed by atoms with van der Waals surface area (Å²) in [5.74, 6) is -0.0428. The minimum absolute atomic E-state index is 0.0428. The summed E-state index contributed by atoms with van der Waals surface area (Å²) in [6.07, 6.45) is 0.788. The number of pyridine rings is 1. The van der Waals surface area contributed by atoms with Crippen molar-refractivity contribution in [3.63, 3.8) is 0 Å². The van der Waals surface area contributed by atoms with E-state index in [1.54, 1.807) is 17.0 Å². The zero-order chi connectivity index (χ0) is 27.0. The van der Waals surface area contributed by atoms with Crippen molar-refractivity contribution in [2.75, 3.05) is 32.7 Å². The van der Waals surface area contributed by atoms with Crippen molar-refractivity contribution in [1.82, 2.24) is 19.1 Å². The fraction of sp³-hybridized carbons (Fsp3) is 0.290. The molecular formula is C31H32N4O3S. The SMILES string of the molecule is Cc1ccc(S(=O)(=O)N2CCN(C(=O)c3c4c(nc5ccccc35)CCN(Cc3ccccc3)C4)CC2)cc1. The van der Waals surface area contributed by atoms with Crippen molar-refractivity contribution >= 4 is 26.8 Å². The normalized spacial score (nSPS) is 16.8. The van der Waals surface area contributed by atoms with Gasteiger partial charge < -0.3 is 4.90 Å². The largest absolute Gasteiger partial charge is 0.336 e. The maximum absolute atomic E-state index is 14.1. The molecular weight excluding hydrogens is 508 g/mol. The molecule has 3 heterocycles. The van der Waals surface area contributed by atoms with Gasteiger partial charge in [0.2, 0.25) is 10.0 Å². The predicted octanol–water partition coefficient (Wildman–Crippen LogP) is 4.25. The number of rotatable bonds is 5. The van der Waals surface area contributed by atoms with E-state index in [1.165, 1.54) is 9.87 Å². The van der Waals surface area contributed by atoms with Crippen LogP contribution in [-0.4, -0.2) is 66.1 Å². The van der Waals surface area contributed by atoms with Crippen molar-refractivity contribution in [2.24, 2.45) is 0 Å². The van der Waals surface area contributed by atoms with E-state index in [0.29, 0.717) is 30.1 Å². The molecule has 0 saturated carbocycles. The molecule has 0 radical (unpaired) electrons. The maximum Gasteiger partial charge on any atom is 0.255 e. The number of amides is 1. The van der Waals surface area contributed by atoms with E-state index in [1.807, 2.05) is 49.4 Å². The molecule has 7 nitrogen and oxygen atoms in total. The van der Waals surface area contributed by atoms with Crippen LogP contribution in [0.15, 0.2) is 83.8 Å². The number of fused-ring (bicyclic) bond motifs is 2. The number of piperazine rings is 1. The van der Waals surface area contributed by atoms with Crippen LogP contribution in [0.1, 0.15) is 32.7 Å². The molecule has 4 aromatic rings. The van der Waals surface area contributed by atoms with Crippen LogP contribution in [0.25, 0.3) is 10.9 Å². The topological polar surface area (TPSA) is 73.8 Å². The maximum atomic E-state index is 14.1. The summed E-state index contributed by atoms with van der Waals surface area (Å²) in [7, 11) is -3.60. The number of aromatic nitrogens is 1. The lowest BCUT2D eigenvalue weighted by Crippen LogP contribution is -2.50. The van der Waals surface area contributed by atoms with Gasteiger partial charge in [0.15, 0.2) is 0 Å². The fourth-order valence-corrected chi connectivity index (χ4v) is 7.04. The quantitative estimate of drug-likeness (QED) is 0.379. The lowest BCUT2D eigenvalue weighted by atomic mass is 9.94. The number of para-hydroxylation sites is 1. The number of aryl methyl sites for hydroxylation is 1. The summed E-state index contributed by atoms with van der Waals surface area (Å²) < 4.78 is 27.9. The summed E-state index contributed by atoms with van der Waals surface area (Å²) in [5.41, 5.74) is 5.78. The third kappa shape index (κ3) is 5.07. The molecule has 39 heavy (non-hydrogen) atoms. The monoisotopic (exact) mass is 540 g/mol. The molecule has 0 aliphatic carbocycles. The third-order valence-corrected chi connectivity index (χ3v) is 9.69. The number of hydrogen-bond acceptors (Lipinski definition) is 5. The molecule has 1 aromatic heterocycles. The van der Waals surface area contributed by atoms with Crippen LogP contribution in [-0.2, 0) is 29.5 Å². The molecule has 0 N–H and O–H groups in total. The van der Waals surface area contributed by atoms with E-state index in [-0.39, 0.29) is 19.0 Å². The lowest BCUT2D eigenvalue weighted by molar-refractivity contribution is 0.0696. The standard InChI is InChI=1S/C31H32N4O3S/c1-23-11-13-25(14-12-23)39(37,38)35-19-17-34(18-20-35)31(36)30-26-9-5-6-10-28(26)32-29-15-16-33(22-27(29)30)21-24-7-3-2-4-8-24/h2-14H,15-22H2,1H3. The second kappa shape index (κ2) is 10.5. The Morgan fingerprint density at radius 2 is 1.54 bits per heavy atom. The van der Waals surface area contributed by atoms with Crippen LogP contribution in [0.2, 0.25) is 0 Å². The van der Waals surface area contributed by atoms with Gasteiger partial charge in [-0.2, -0.15) is 4.31 Å². The minimum atomic E-state index is -3.60. The Kier molecular flexibility index (Phi) is 6.93. The molecule has 2 aliphatic rings. The highest BCUT2D eigenvalue weighted by molar-refractivity contribution is 7.89. The lowest BCUT2D eigenvalue weighted by Gasteiger charge is -2.36. The first-order valence-electron chi connectivity index (χ1n) is 13.4. The molecule has 6 rings (SSSR count). The Labute approximate surface area is 229 Å². The molecule has 0 atom stereocenters. The first-order valence-corrected chi connectivity index (χ1v) is 14.9. The highest BCUT2D eigenvalue weighted by Gasteiger charge is 2.33. The van der Waals surface area contributed by atoms with Gasteiger partial charge in [0.25, 0.3) is 5.91 Å². The number of carbonyl (C=O) groups excluding carboxylic acids is 1. The van der Waals surface area contributed by atoms with E-state index in [2.05, 4.69) is 29.2 Å². The Morgan fingerprint density at radius 3 is 2.28 bits per heavy atom. The van der Waals surface area contributed by atoms with Crippen molar-refractivity contribution in [3.05, 3.63) is 107 Å². The molecule has 0 spiro atoms. The second-order valence-corrected chi connectivity index (χ2v) is 12.3. The third-order valence-electron chi connectivity index (χ3n) is 7.77. The fourth-order valence-electron chi connectivity index (χ4n) is 5.62. The molecule has 1 amide bonds. The molecule has 8 heteroatoms. The first kappa shape index (κ1) is 25.7. The minimum Gasteiger partial charge on any atom is -0.336 e. The van der Waals surface area contributed by atoms with Crippen molar-refractivity contribution in [1.29, 1.82) is 0 Å². The summed E-state index contributed by atoms with van der Waals surface area (Å²) in [6.45, 7) is 5.54. The Balaban J connectivity index is 1.26. The number of sulfonamides is 1. The second-order valence-electron chi connectivity index (χ2n) is 10.4. The zero-order valence-electron chi connectivity index (χ0n) is 22.1. The van der Waals surface area contributed by atoms with Crippen molar-refractivity contribution in [3.8, 4) is 0 Å². The molecule has 1 saturated heterocycles. The van der Waals surface area contributed by atoms with Gasteiger partial charge >= 0.3 is 0 Å². The predicted molar refractivity (Wildman–Crippen MR) is 152 cm³/mol. The molecule has 0 unspecified atom stereocenters. The van der Waals surface area contributed by atoms with Gasteiger partial charge in [0.05, 0.1) is 16.0 Å². The number of nitrogens with zero attached hydrogens (tertiary/aromatic N) is 4. The average molecular weight is 541 g/mol. The van der Waals surface area contributed by atoms with Crippen LogP contribution in [0.4, 0.5) is 0 Å².